The van der Waals surface area contributed by atoms with Crippen LogP contribution in [0.5, 0.6) is 0 Å². The van der Waals surface area contributed by atoms with Crippen LogP contribution >= 0.6 is 0 Å². The topological polar surface area (TPSA) is 116 Å². The zero-order chi connectivity index (χ0) is 29.0. The standard InChI is InChI=1S/C31H33N7O4/c1-19(39)42-18-21-8-4-6-10-26(21)38-28(17-36-25-9-5-3-7-20(25)13-27(36)30(38)40)24-16-35(2)31(41)29(34-24)33-22-14-32-37(15-22)23-11-12-23/h4,6,8,10,13-16,23,28H,3,5,7,9,11-12,17-18H2,1-2H3,(H,33,34). The highest BCUT2D eigenvalue weighted by Gasteiger charge is 2.39. The predicted octanol–water partition coefficient (Wildman–Crippen LogP) is 4.20. The summed E-state index contributed by atoms with van der Waals surface area (Å²) >= 11 is 0. The van der Waals surface area contributed by atoms with Crippen molar-refractivity contribution in [2.24, 2.45) is 7.05 Å². The SMILES string of the molecule is CC(=O)OCc1ccccc1N1C(=O)c2cc3c(n2CC1c1cn(C)c(=O)c(Nc2cnn(C4CC4)c2)n1)CCCC3. The normalized spacial score (nSPS) is 18.0. The Morgan fingerprint density at radius 3 is 2.74 bits per heavy atom. The van der Waals surface area contributed by atoms with Crippen LogP contribution in [0.4, 0.5) is 17.2 Å². The van der Waals surface area contributed by atoms with Crippen molar-refractivity contribution in [1.29, 1.82) is 0 Å². The van der Waals surface area contributed by atoms with Gasteiger partial charge < -0.3 is 19.2 Å². The molecule has 1 saturated carbocycles. The Hall–Kier alpha value is -4.67. The van der Waals surface area contributed by atoms with Crippen LogP contribution in [0.2, 0.25) is 0 Å². The Kier molecular flexibility index (Phi) is 6.44. The van der Waals surface area contributed by atoms with Crippen molar-refractivity contribution in [2.75, 3.05) is 10.2 Å². The van der Waals surface area contributed by atoms with Gasteiger partial charge in [0, 0.05) is 44.2 Å². The highest BCUT2D eigenvalue weighted by atomic mass is 16.5. The van der Waals surface area contributed by atoms with Gasteiger partial charge in [-0.1, -0.05) is 18.2 Å². The van der Waals surface area contributed by atoms with Crippen LogP contribution in [0.3, 0.4) is 0 Å². The second-order valence-electron chi connectivity index (χ2n) is 11.4. The van der Waals surface area contributed by atoms with E-state index in [0.29, 0.717) is 40.9 Å². The van der Waals surface area contributed by atoms with E-state index in [2.05, 4.69) is 15.0 Å². The lowest BCUT2D eigenvalue weighted by molar-refractivity contribution is -0.142. The lowest BCUT2D eigenvalue weighted by atomic mass is 9.98. The van der Waals surface area contributed by atoms with Crippen molar-refractivity contribution in [3.05, 3.63) is 87.5 Å². The summed E-state index contributed by atoms with van der Waals surface area (Å²) in [6.45, 7) is 1.90. The molecule has 1 aliphatic heterocycles. The van der Waals surface area contributed by atoms with Gasteiger partial charge in [-0.05, 0) is 56.2 Å². The third-order valence-electron chi connectivity index (χ3n) is 8.41. The number of hydrogen-bond donors (Lipinski definition) is 1. The minimum Gasteiger partial charge on any atom is -0.461 e. The van der Waals surface area contributed by atoms with E-state index in [0.717, 1.165) is 38.5 Å². The van der Waals surface area contributed by atoms with E-state index < -0.39 is 12.0 Å². The number of hydrogen-bond acceptors (Lipinski definition) is 7. The number of anilines is 3. The van der Waals surface area contributed by atoms with Crippen molar-refractivity contribution in [2.45, 2.75) is 70.7 Å². The molecule has 11 heteroatoms. The number of rotatable bonds is 7. The summed E-state index contributed by atoms with van der Waals surface area (Å²) in [4.78, 5) is 45.8. The first kappa shape index (κ1) is 26.2. The van der Waals surface area contributed by atoms with Crippen molar-refractivity contribution in [1.82, 2.24) is 23.9 Å². The molecular formula is C31H33N7O4. The number of nitrogens with one attached hydrogen (secondary N) is 1. The van der Waals surface area contributed by atoms with Gasteiger partial charge in [-0.2, -0.15) is 5.10 Å². The van der Waals surface area contributed by atoms with Gasteiger partial charge >= 0.3 is 5.97 Å². The maximum Gasteiger partial charge on any atom is 0.302 e. The van der Waals surface area contributed by atoms with E-state index in [4.69, 9.17) is 9.72 Å². The molecule has 3 aromatic heterocycles. The summed E-state index contributed by atoms with van der Waals surface area (Å²) in [5.74, 6) is -0.369. The number of esters is 1. The van der Waals surface area contributed by atoms with Crippen LogP contribution in [-0.2, 0) is 42.6 Å². The molecule has 42 heavy (non-hydrogen) atoms. The number of aromatic nitrogens is 5. The summed E-state index contributed by atoms with van der Waals surface area (Å²) in [6, 6.07) is 9.40. The van der Waals surface area contributed by atoms with Crippen LogP contribution < -0.4 is 15.8 Å². The average Bonchev–Trinajstić information content (AvgIpc) is 3.61. The summed E-state index contributed by atoms with van der Waals surface area (Å²) in [5, 5.41) is 7.60. The molecule has 11 nitrogen and oxygen atoms in total. The largest absolute Gasteiger partial charge is 0.461 e. The van der Waals surface area contributed by atoms with Crippen LogP contribution in [0.25, 0.3) is 0 Å². The van der Waals surface area contributed by atoms with Gasteiger partial charge in [0.1, 0.15) is 12.3 Å². The Morgan fingerprint density at radius 2 is 1.93 bits per heavy atom. The minimum absolute atomic E-state index is 0.0397. The number of carbonyl (C=O) groups excluding carboxylic acids is 2. The summed E-state index contributed by atoms with van der Waals surface area (Å²) in [6.07, 6.45) is 11.6. The molecule has 7 rings (SSSR count). The number of para-hydroxylation sites is 1. The average molecular weight is 568 g/mol. The second-order valence-corrected chi connectivity index (χ2v) is 11.4. The monoisotopic (exact) mass is 567 g/mol. The number of ether oxygens (including phenoxy) is 1. The van der Waals surface area contributed by atoms with E-state index in [-0.39, 0.29) is 23.9 Å². The van der Waals surface area contributed by atoms with Crippen LogP contribution in [-0.4, -0.2) is 35.8 Å². The lowest BCUT2D eigenvalue weighted by Crippen LogP contribution is -2.44. The Bertz CT molecular complexity index is 1760. The van der Waals surface area contributed by atoms with Gasteiger partial charge in [-0.3, -0.25) is 24.0 Å². The molecule has 2 aliphatic carbocycles. The second kappa shape index (κ2) is 10.3. The quantitative estimate of drug-likeness (QED) is 0.333. The molecule has 3 aliphatic rings. The lowest BCUT2D eigenvalue weighted by Gasteiger charge is -2.38. The van der Waals surface area contributed by atoms with Crippen molar-refractivity contribution < 1.29 is 14.3 Å². The van der Waals surface area contributed by atoms with E-state index in [1.165, 1.54) is 22.7 Å². The fraction of sp³-hybridized carbons (Fsp3) is 0.387. The smallest absolute Gasteiger partial charge is 0.302 e. The summed E-state index contributed by atoms with van der Waals surface area (Å²) < 4.78 is 10.9. The van der Waals surface area contributed by atoms with Gasteiger partial charge in [-0.25, -0.2) is 4.98 Å². The minimum atomic E-state index is -0.511. The fourth-order valence-corrected chi connectivity index (χ4v) is 6.17. The Morgan fingerprint density at radius 1 is 1.12 bits per heavy atom. The predicted molar refractivity (Wildman–Crippen MR) is 156 cm³/mol. The molecule has 1 atom stereocenters. The van der Waals surface area contributed by atoms with Crippen LogP contribution in [0, 0.1) is 0 Å². The van der Waals surface area contributed by atoms with E-state index in [1.54, 1.807) is 24.3 Å². The molecule has 0 spiro atoms. The fourth-order valence-electron chi connectivity index (χ4n) is 6.17. The van der Waals surface area contributed by atoms with Gasteiger partial charge in [0.2, 0.25) is 0 Å². The Balaban J connectivity index is 1.33. The third kappa shape index (κ3) is 4.68. The maximum atomic E-state index is 14.4. The third-order valence-corrected chi connectivity index (χ3v) is 8.41. The first-order valence-electron chi connectivity index (χ1n) is 14.5. The molecule has 0 radical (unpaired) electrons. The molecule has 1 N–H and O–H groups in total. The zero-order valence-electron chi connectivity index (χ0n) is 23.7. The first-order chi connectivity index (χ1) is 20.4. The molecule has 0 bridgehead atoms. The zero-order valence-corrected chi connectivity index (χ0v) is 23.7. The molecule has 1 fully saturated rings. The van der Waals surface area contributed by atoms with E-state index in [9.17, 15) is 14.4 Å². The molecule has 4 heterocycles. The molecule has 1 aromatic carbocycles. The van der Waals surface area contributed by atoms with E-state index in [1.807, 2.05) is 41.2 Å². The van der Waals surface area contributed by atoms with Gasteiger partial charge in [0.05, 0.1) is 35.3 Å². The number of benzene rings is 1. The maximum absolute atomic E-state index is 14.4. The molecule has 4 aromatic rings. The van der Waals surface area contributed by atoms with Gasteiger partial charge in [-0.15, -0.1) is 0 Å². The van der Waals surface area contributed by atoms with E-state index >= 15 is 0 Å². The van der Waals surface area contributed by atoms with Crippen molar-refractivity contribution in [3.63, 3.8) is 0 Å². The molecule has 0 saturated heterocycles. The number of nitrogens with zero attached hydrogens (tertiary/aromatic N) is 6. The molecule has 1 unspecified atom stereocenters. The van der Waals surface area contributed by atoms with Crippen LogP contribution in [0.15, 0.2) is 53.7 Å². The van der Waals surface area contributed by atoms with Crippen molar-refractivity contribution in [3.8, 4) is 0 Å². The van der Waals surface area contributed by atoms with Gasteiger partial charge in [0.25, 0.3) is 11.5 Å². The number of aryl methyl sites for hydroxylation is 2. The number of amides is 1. The van der Waals surface area contributed by atoms with Crippen molar-refractivity contribution >= 4 is 29.1 Å². The van der Waals surface area contributed by atoms with Crippen LogP contribution in [0.1, 0.15) is 77.7 Å². The molecule has 1 amide bonds. The molecular weight excluding hydrogens is 534 g/mol. The number of carbonyl (C=O) groups is 2. The summed E-state index contributed by atoms with van der Waals surface area (Å²) in [7, 11) is 1.69. The van der Waals surface area contributed by atoms with Gasteiger partial charge in [0.15, 0.2) is 5.82 Å². The summed E-state index contributed by atoms with van der Waals surface area (Å²) in [5.41, 5.74) is 5.43. The first-order valence-corrected chi connectivity index (χ1v) is 14.5. The Labute approximate surface area is 242 Å². The highest BCUT2D eigenvalue weighted by molar-refractivity contribution is 6.07. The molecule has 216 valence electrons. The number of fused-ring (bicyclic) bond motifs is 3. The highest BCUT2D eigenvalue weighted by Crippen LogP contribution is 2.39.